The molecule has 1 unspecified atom stereocenters. The molecule has 0 aliphatic rings. The van der Waals surface area contributed by atoms with E-state index in [0.717, 1.165) is 10.6 Å². The second kappa shape index (κ2) is 10.8. The van der Waals surface area contributed by atoms with Gasteiger partial charge in [-0.05, 0) is 43.3 Å². The fourth-order valence-corrected chi connectivity index (χ4v) is 4.38. The minimum absolute atomic E-state index is 0.116. The lowest BCUT2D eigenvalue weighted by molar-refractivity contribution is -0.123. The minimum atomic E-state index is -0.955. The fraction of sp³-hybridized carbons (Fsp3) is 0.280. The molecule has 8 heteroatoms. The van der Waals surface area contributed by atoms with Gasteiger partial charge in [-0.15, -0.1) is 23.1 Å². The first-order chi connectivity index (χ1) is 15.6. The number of nitrogens with zero attached hydrogens (tertiary/aromatic N) is 1. The number of esters is 1. The van der Waals surface area contributed by atoms with Crippen molar-refractivity contribution in [2.24, 2.45) is 5.41 Å². The van der Waals surface area contributed by atoms with Crippen LogP contribution in [0.4, 0.5) is 5.69 Å². The highest BCUT2D eigenvalue weighted by molar-refractivity contribution is 7.98. The number of hydrogen-bond acceptors (Lipinski definition) is 7. The molecule has 0 spiro atoms. The van der Waals surface area contributed by atoms with Gasteiger partial charge in [0.1, 0.15) is 0 Å². The summed E-state index contributed by atoms with van der Waals surface area (Å²) in [6, 6.07) is 13.7. The third kappa shape index (κ3) is 6.76. The molecule has 1 amide bonds. The van der Waals surface area contributed by atoms with Crippen molar-refractivity contribution >= 4 is 46.4 Å². The second-order valence-electron chi connectivity index (χ2n) is 8.46. The number of thioether (sulfide) groups is 1. The summed E-state index contributed by atoms with van der Waals surface area (Å²) < 4.78 is 5.48. The van der Waals surface area contributed by atoms with Gasteiger partial charge >= 0.3 is 5.97 Å². The van der Waals surface area contributed by atoms with E-state index in [0.29, 0.717) is 22.6 Å². The molecule has 6 nitrogen and oxygen atoms in total. The number of thiazole rings is 1. The van der Waals surface area contributed by atoms with Crippen LogP contribution in [0.15, 0.2) is 64.3 Å². The fourth-order valence-electron chi connectivity index (χ4n) is 2.77. The first-order valence-electron chi connectivity index (χ1n) is 10.4. The molecular weight excluding hydrogens is 456 g/mol. The molecule has 1 aromatic heterocycles. The van der Waals surface area contributed by atoms with Crippen LogP contribution in [0, 0.1) is 5.41 Å². The zero-order valence-corrected chi connectivity index (χ0v) is 20.6. The largest absolute Gasteiger partial charge is 0.451 e. The Bertz CT molecular complexity index is 1120. The number of rotatable bonds is 8. The van der Waals surface area contributed by atoms with E-state index in [4.69, 9.17) is 4.74 Å². The highest BCUT2D eigenvalue weighted by Crippen LogP contribution is 2.27. The maximum absolute atomic E-state index is 12.8. The van der Waals surface area contributed by atoms with Crippen LogP contribution in [0.5, 0.6) is 0 Å². The van der Waals surface area contributed by atoms with E-state index in [2.05, 4.69) is 10.3 Å². The van der Waals surface area contributed by atoms with Crippen LogP contribution in [0.1, 0.15) is 54.1 Å². The molecule has 33 heavy (non-hydrogen) atoms. The Balaban J connectivity index is 1.63. The minimum Gasteiger partial charge on any atom is -0.451 e. The number of carbonyl (C=O) groups is 3. The normalized spacial score (nSPS) is 12.1. The summed E-state index contributed by atoms with van der Waals surface area (Å²) in [5.74, 6) is -0.341. The molecule has 172 valence electrons. The first kappa shape index (κ1) is 24.7. The van der Waals surface area contributed by atoms with Crippen molar-refractivity contribution in [3.05, 3.63) is 76.2 Å². The highest BCUT2D eigenvalue weighted by Gasteiger charge is 2.23. The summed E-state index contributed by atoms with van der Waals surface area (Å²) >= 11 is 3.02. The quantitative estimate of drug-likeness (QED) is 0.246. The van der Waals surface area contributed by atoms with Crippen LogP contribution in [0.25, 0.3) is 0 Å². The molecule has 0 radical (unpaired) electrons. The summed E-state index contributed by atoms with van der Waals surface area (Å²) in [4.78, 5) is 42.7. The van der Waals surface area contributed by atoms with Crippen molar-refractivity contribution in [2.45, 2.75) is 44.4 Å². The number of amides is 1. The SMILES string of the molecule is CC(OC(=O)c1ccccc1SCc1cscn1)C(=O)c1ccc(NC(=O)C(C)(C)C)cc1. The Kier molecular flexibility index (Phi) is 8.05. The summed E-state index contributed by atoms with van der Waals surface area (Å²) in [5, 5.41) is 4.78. The van der Waals surface area contributed by atoms with Crippen LogP contribution < -0.4 is 5.32 Å². The van der Waals surface area contributed by atoms with Crippen molar-refractivity contribution in [2.75, 3.05) is 5.32 Å². The number of benzene rings is 2. The van der Waals surface area contributed by atoms with Gasteiger partial charge in [0.05, 0.1) is 16.8 Å². The number of anilines is 1. The average Bonchev–Trinajstić information content (AvgIpc) is 3.31. The van der Waals surface area contributed by atoms with E-state index in [9.17, 15) is 14.4 Å². The number of carbonyl (C=O) groups excluding carboxylic acids is 3. The molecule has 1 heterocycles. The molecule has 0 saturated heterocycles. The van der Waals surface area contributed by atoms with Gasteiger partial charge in [-0.3, -0.25) is 9.59 Å². The number of ether oxygens (including phenoxy) is 1. The van der Waals surface area contributed by atoms with E-state index >= 15 is 0 Å². The zero-order valence-electron chi connectivity index (χ0n) is 19.0. The Labute approximate surface area is 201 Å². The van der Waals surface area contributed by atoms with Crippen LogP contribution in [0.3, 0.4) is 0 Å². The highest BCUT2D eigenvalue weighted by atomic mass is 32.2. The third-order valence-corrected chi connectivity index (χ3v) is 6.47. The molecule has 0 saturated carbocycles. The lowest BCUT2D eigenvalue weighted by atomic mass is 9.95. The summed E-state index contributed by atoms with van der Waals surface area (Å²) in [7, 11) is 0. The average molecular weight is 483 g/mol. The van der Waals surface area contributed by atoms with Gasteiger partial charge in [0.25, 0.3) is 0 Å². The van der Waals surface area contributed by atoms with Crippen molar-refractivity contribution in [3.63, 3.8) is 0 Å². The maximum Gasteiger partial charge on any atom is 0.339 e. The van der Waals surface area contributed by atoms with Gasteiger partial charge in [0.2, 0.25) is 11.7 Å². The van der Waals surface area contributed by atoms with E-state index in [1.807, 2.05) is 38.3 Å². The molecule has 1 atom stereocenters. The summed E-state index contributed by atoms with van der Waals surface area (Å²) in [5.41, 5.74) is 3.61. The van der Waals surface area contributed by atoms with Crippen molar-refractivity contribution in [1.82, 2.24) is 4.98 Å². The van der Waals surface area contributed by atoms with Crippen molar-refractivity contribution in [1.29, 1.82) is 0 Å². The predicted octanol–water partition coefficient (Wildman–Crippen LogP) is 5.85. The van der Waals surface area contributed by atoms with Gasteiger partial charge < -0.3 is 10.1 Å². The number of Topliss-reactive ketones (excluding diaryl/α,β-unsaturated/α-hetero) is 1. The molecule has 3 aromatic rings. The van der Waals surface area contributed by atoms with Crippen LogP contribution in [-0.4, -0.2) is 28.7 Å². The third-order valence-electron chi connectivity index (χ3n) is 4.73. The van der Waals surface area contributed by atoms with Gasteiger partial charge in [-0.2, -0.15) is 0 Å². The lowest BCUT2D eigenvalue weighted by Crippen LogP contribution is -2.27. The van der Waals surface area contributed by atoms with Crippen molar-refractivity contribution < 1.29 is 19.1 Å². The van der Waals surface area contributed by atoms with Crippen LogP contribution in [-0.2, 0) is 15.3 Å². The lowest BCUT2D eigenvalue weighted by Gasteiger charge is -2.18. The number of aromatic nitrogens is 1. The maximum atomic E-state index is 12.8. The van der Waals surface area contributed by atoms with E-state index in [1.165, 1.54) is 23.1 Å². The van der Waals surface area contributed by atoms with Gasteiger partial charge in [-0.1, -0.05) is 32.9 Å². The molecule has 1 N–H and O–H groups in total. The van der Waals surface area contributed by atoms with Gasteiger partial charge in [-0.25, -0.2) is 9.78 Å². The molecule has 0 aliphatic heterocycles. The monoisotopic (exact) mass is 482 g/mol. The van der Waals surface area contributed by atoms with Crippen LogP contribution in [0.2, 0.25) is 0 Å². The number of hydrogen-bond donors (Lipinski definition) is 1. The first-order valence-corrected chi connectivity index (χ1v) is 12.3. The Morgan fingerprint density at radius 1 is 1.09 bits per heavy atom. The topological polar surface area (TPSA) is 85.4 Å². The van der Waals surface area contributed by atoms with E-state index < -0.39 is 17.5 Å². The molecule has 3 rings (SSSR count). The summed E-state index contributed by atoms with van der Waals surface area (Å²) in [6.45, 7) is 7.03. The van der Waals surface area contributed by atoms with Gasteiger partial charge in [0, 0.05) is 32.7 Å². The zero-order chi connectivity index (χ0) is 24.0. The standard InChI is InChI=1S/C25H26N2O4S2/c1-16(22(28)17-9-11-18(12-10-17)27-24(30)25(2,3)4)31-23(29)20-7-5-6-8-21(20)33-14-19-13-32-15-26-19/h5-13,15-16H,14H2,1-4H3,(H,27,30). The Morgan fingerprint density at radius 2 is 1.79 bits per heavy atom. The van der Waals surface area contributed by atoms with E-state index in [-0.39, 0.29) is 11.7 Å². The van der Waals surface area contributed by atoms with Crippen molar-refractivity contribution in [3.8, 4) is 0 Å². The second-order valence-corrected chi connectivity index (χ2v) is 10.2. The molecular formula is C25H26N2O4S2. The number of nitrogens with one attached hydrogen (secondary N) is 1. The summed E-state index contributed by atoms with van der Waals surface area (Å²) in [6.07, 6.45) is -0.955. The molecule has 0 aliphatic carbocycles. The molecule has 0 bridgehead atoms. The van der Waals surface area contributed by atoms with Crippen LogP contribution >= 0.6 is 23.1 Å². The smallest absolute Gasteiger partial charge is 0.339 e. The Morgan fingerprint density at radius 3 is 2.42 bits per heavy atom. The predicted molar refractivity (Wildman–Crippen MR) is 132 cm³/mol. The molecule has 0 fully saturated rings. The number of ketones is 1. The van der Waals surface area contributed by atoms with E-state index in [1.54, 1.807) is 48.8 Å². The molecule has 2 aromatic carbocycles. The van der Waals surface area contributed by atoms with Gasteiger partial charge in [0.15, 0.2) is 6.10 Å². The Hall–Kier alpha value is -2.97.